The highest BCUT2D eigenvalue weighted by Crippen LogP contribution is 2.29. The number of aryl methyl sites for hydroxylation is 1. The van der Waals surface area contributed by atoms with E-state index in [4.69, 9.17) is 0 Å². The number of fused-ring (bicyclic) bond motifs is 1. The van der Waals surface area contributed by atoms with Gasteiger partial charge in [-0.1, -0.05) is 111 Å². The molecule has 0 heterocycles. The Labute approximate surface area is 195 Å². The number of hydrogen-bond donors (Lipinski definition) is 0. The molecule has 0 spiro atoms. The third kappa shape index (κ3) is 7.24. The highest BCUT2D eigenvalue weighted by molar-refractivity contribution is 5.91. The van der Waals surface area contributed by atoms with Crippen LogP contribution in [0.5, 0.6) is 0 Å². The zero-order valence-corrected chi connectivity index (χ0v) is 20.5. The van der Waals surface area contributed by atoms with Crippen LogP contribution in [-0.4, -0.2) is 0 Å². The summed E-state index contributed by atoms with van der Waals surface area (Å²) in [7, 11) is 0. The van der Waals surface area contributed by atoms with Gasteiger partial charge in [-0.25, -0.2) is 0 Å². The topological polar surface area (TPSA) is 0 Å². The van der Waals surface area contributed by atoms with Gasteiger partial charge in [0.2, 0.25) is 0 Å². The smallest absolute Gasteiger partial charge is 0.0172 e. The minimum atomic E-state index is 1.10. The Morgan fingerprint density at radius 3 is 2.28 bits per heavy atom. The first kappa shape index (κ1) is 25.1. The summed E-state index contributed by atoms with van der Waals surface area (Å²) in [5, 5.41) is 2.63. The van der Waals surface area contributed by atoms with Crippen molar-refractivity contribution in [3.8, 4) is 11.1 Å². The molecule has 3 rings (SSSR count). The largest absolute Gasteiger partial charge is 0.0991 e. The van der Waals surface area contributed by atoms with Crippen molar-refractivity contribution in [2.45, 2.75) is 53.9 Å². The van der Waals surface area contributed by atoms with Crippen molar-refractivity contribution in [1.82, 2.24) is 0 Å². The number of hydrogen-bond acceptors (Lipinski definition) is 0. The molecule has 0 atom stereocenters. The first-order valence-corrected chi connectivity index (χ1v) is 11.7. The van der Waals surface area contributed by atoms with Gasteiger partial charge in [-0.05, 0) is 84.3 Å². The SMILES string of the molecule is C=C/C=C\C(=C/C)CC.CCC/C=C(\C)c1cc2cc(-c3ccccc3)ccc2cc1C. The molecule has 0 saturated carbocycles. The summed E-state index contributed by atoms with van der Waals surface area (Å²) in [5.74, 6) is 0. The first-order chi connectivity index (χ1) is 15.5. The van der Waals surface area contributed by atoms with Gasteiger partial charge < -0.3 is 0 Å². The quantitative estimate of drug-likeness (QED) is 0.332. The van der Waals surface area contributed by atoms with Crippen LogP contribution in [0.3, 0.4) is 0 Å². The lowest BCUT2D eigenvalue weighted by Gasteiger charge is -2.11. The van der Waals surface area contributed by atoms with E-state index in [1.54, 1.807) is 6.08 Å². The summed E-state index contributed by atoms with van der Waals surface area (Å²) in [4.78, 5) is 0. The molecule has 0 aliphatic carbocycles. The maximum absolute atomic E-state index is 3.59. The first-order valence-electron chi connectivity index (χ1n) is 11.7. The molecule has 0 nitrogen and oxygen atoms in total. The molecule has 32 heavy (non-hydrogen) atoms. The van der Waals surface area contributed by atoms with Crippen molar-refractivity contribution < 1.29 is 0 Å². The second-order valence-electron chi connectivity index (χ2n) is 8.08. The molecule has 0 unspecified atom stereocenters. The lowest BCUT2D eigenvalue weighted by Crippen LogP contribution is -1.88. The van der Waals surface area contributed by atoms with E-state index in [0.29, 0.717) is 0 Å². The van der Waals surface area contributed by atoms with Crippen molar-refractivity contribution in [3.63, 3.8) is 0 Å². The summed E-state index contributed by atoms with van der Waals surface area (Å²) in [5.41, 5.74) is 8.02. The Hall–Kier alpha value is -3.12. The summed E-state index contributed by atoms with van der Waals surface area (Å²) in [6.07, 6.45) is 13.7. The van der Waals surface area contributed by atoms with Gasteiger partial charge in [0.15, 0.2) is 0 Å². The molecule has 0 radical (unpaired) electrons. The molecular weight excluding hydrogens is 384 g/mol. The minimum absolute atomic E-state index is 1.10. The average molecular weight is 423 g/mol. The lowest BCUT2D eigenvalue weighted by atomic mass is 9.94. The van der Waals surface area contributed by atoms with Gasteiger partial charge >= 0.3 is 0 Å². The molecule has 166 valence electrons. The van der Waals surface area contributed by atoms with E-state index >= 15 is 0 Å². The van der Waals surface area contributed by atoms with Gasteiger partial charge in [0, 0.05) is 0 Å². The Morgan fingerprint density at radius 2 is 1.66 bits per heavy atom. The van der Waals surface area contributed by atoms with Crippen LogP contribution in [0.4, 0.5) is 0 Å². The number of benzene rings is 3. The second-order valence-corrected chi connectivity index (χ2v) is 8.08. The van der Waals surface area contributed by atoms with Gasteiger partial charge in [-0.2, -0.15) is 0 Å². The molecular formula is C32H38. The predicted molar refractivity (Wildman–Crippen MR) is 146 cm³/mol. The van der Waals surface area contributed by atoms with Crippen molar-refractivity contribution in [1.29, 1.82) is 0 Å². The molecule has 0 bridgehead atoms. The van der Waals surface area contributed by atoms with Gasteiger partial charge in [-0.3, -0.25) is 0 Å². The number of allylic oxidation sites excluding steroid dienone is 7. The fourth-order valence-electron chi connectivity index (χ4n) is 3.73. The number of rotatable bonds is 7. The predicted octanol–water partition coefficient (Wildman–Crippen LogP) is 10.1. The maximum Gasteiger partial charge on any atom is -0.0172 e. The van der Waals surface area contributed by atoms with Gasteiger partial charge in [-0.15, -0.1) is 0 Å². The maximum atomic E-state index is 3.59. The van der Waals surface area contributed by atoms with E-state index in [-0.39, 0.29) is 0 Å². The van der Waals surface area contributed by atoms with Gasteiger partial charge in [0.05, 0.1) is 0 Å². The highest BCUT2D eigenvalue weighted by Gasteiger charge is 2.05. The molecule has 0 aliphatic rings. The third-order valence-electron chi connectivity index (χ3n) is 5.68. The van der Waals surface area contributed by atoms with Gasteiger partial charge in [0.25, 0.3) is 0 Å². The summed E-state index contributed by atoms with van der Waals surface area (Å²) < 4.78 is 0. The molecule has 0 aromatic heterocycles. The molecule has 0 amide bonds. The van der Waals surface area contributed by atoms with E-state index in [1.165, 1.54) is 50.6 Å². The second kappa shape index (κ2) is 13.3. The lowest BCUT2D eigenvalue weighted by molar-refractivity contribution is 0.959. The van der Waals surface area contributed by atoms with Crippen LogP contribution >= 0.6 is 0 Å². The monoisotopic (exact) mass is 422 g/mol. The summed E-state index contributed by atoms with van der Waals surface area (Å²) in [6, 6.07) is 22.0. The van der Waals surface area contributed by atoms with Crippen molar-refractivity contribution in [3.05, 3.63) is 114 Å². The molecule has 3 aromatic carbocycles. The van der Waals surface area contributed by atoms with Gasteiger partial charge in [0.1, 0.15) is 0 Å². The van der Waals surface area contributed by atoms with Crippen LogP contribution in [0.2, 0.25) is 0 Å². The van der Waals surface area contributed by atoms with E-state index in [1.807, 2.05) is 13.0 Å². The van der Waals surface area contributed by atoms with E-state index in [0.717, 1.165) is 12.8 Å². The zero-order valence-electron chi connectivity index (χ0n) is 20.5. The van der Waals surface area contributed by atoms with Crippen LogP contribution in [0.1, 0.15) is 58.1 Å². The van der Waals surface area contributed by atoms with Crippen LogP contribution in [-0.2, 0) is 0 Å². The minimum Gasteiger partial charge on any atom is -0.0991 e. The molecule has 0 fully saturated rings. The van der Waals surface area contributed by atoms with Crippen LogP contribution in [0.25, 0.3) is 27.5 Å². The van der Waals surface area contributed by atoms with E-state index in [9.17, 15) is 0 Å². The summed E-state index contributed by atoms with van der Waals surface area (Å²) >= 11 is 0. The molecule has 0 heteroatoms. The van der Waals surface area contributed by atoms with Crippen LogP contribution in [0.15, 0.2) is 103 Å². The third-order valence-corrected chi connectivity index (χ3v) is 5.68. The van der Waals surface area contributed by atoms with Crippen LogP contribution < -0.4 is 0 Å². The Morgan fingerprint density at radius 1 is 0.906 bits per heavy atom. The van der Waals surface area contributed by atoms with Crippen LogP contribution in [0, 0.1) is 6.92 Å². The number of unbranched alkanes of at least 4 members (excludes halogenated alkanes) is 1. The van der Waals surface area contributed by atoms with E-state index in [2.05, 4.69) is 113 Å². The zero-order chi connectivity index (χ0) is 23.3. The van der Waals surface area contributed by atoms with E-state index < -0.39 is 0 Å². The van der Waals surface area contributed by atoms with Crippen molar-refractivity contribution in [2.24, 2.45) is 0 Å². The normalized spacial score (nSPS) is 12.0. The van der Waals surface area contributed by atoms with Crippen molar-refractivity contribution >= 4 is 16.3 Å². The molecule has 0 N–H and O–H groups in total. The standard InChI is InChI=1S/C23H24.C9H14/c1-4-5-9-17(2)23-16-22-15-21(19-10-7-6-8-11-19)13-12-20(22)14-18(23)3;1-4-7-8-9(5-2)6-3/h6-16H,4-5H2,1-3H3;4-5,7-8H,1,6H2,2-3H3/b17-9+;8-7-,9-5-. The Kier molecular flexibility index (Phi) is 10.5. The summed E-state index contributed by atoms with van der Waals surface area (Å²) in [6.45, 7) is 14.4. The average Bonchev–Trinajstić information content (AvgIpc) is 2.83. The fourth-order valence-corrected chi connectivity index (χ4v) is 3.73. The fraction of sp³-hybridized carbons (Fsp3) is 0.250. The Balaban J connectivity index is 0.000000344. The highest BCUT2D eigenvalue weighted by atomic mass is 14.1. The Bertz CT molecular complexity index is 1090. The molecule has 3 aromatic rings. The van der Waals surface area contributed by atoms with Crippen molar-refractivity contribution in [2.75, 3.05) is 0 Å². The molecule has 0 aliphatic heterocycles. The molecule has 0 saturated heterocycles.